The maximum atomic E-state index is 12.2. The normalized spacial score (nSPS) is 13.6. The van der Waals surface area contributed by atoms with Crippen LogP contribution in [0.4, 0.5) is 0 Å². The third-order valence-corrected chi connectivity index (χ3v) is 4.71. The maximum absolute atomic E-state index is 12.2. The molecule has 0 bridgehead atoms. The van der Waals surface area contributed by atoms with Gasteiger partial charge in [-0.25, -0.2) is 9.98 Å². The molecular formula is C13H7N3O2S2. The molecule has 7 heteroatoms. The second-order valence-electron chi connectivity index (χ2n) is 4.18. The van der Waals surface area contributed by atoms with E-state index in [-0.39, 0.29) is 11.8 Å². The highest BCUT2D eigenvalue weighted by Crippen LogP contribution is 2.39. The number of nitrogens with one attached hydrogen (secondary N) is 1. The quantitative estimate of drug-likeness (QED) is 0.764. The molecule has 0 unspecified atom stereocenters. The van der Waals surface area contributed by atoms with E-state index in [1.54, 1.807) is 6.20 Å². The average molecular weight is 301 g/mol. The van der Waals surface area contributed by atoms with Crippen molar-refractivity contribution in [3.63, 3.8) is 0 Å². The van der Waals surface area contributed by atoms with Gasteiger partial charge in [0, 0.05) is 11.6 Å². The number of H-pyrrole nitrogens is 1. The van der Waals surface area contributed by atoms with Crippen LogP contribution in [0.5, 0.6) is 5.88 Å². The molecule has 20 heavy (non-hydrogen) atoms. The fourth-order valence-corrected chi connectivity index (χ4v) is 3.61. The van der Waals surface area contributed by atoms with Crippen LogP contribution in [0.3, 0.4) is 0 Å². The molecule has 0 saturated heterocycles. The van der Waals surface area contributed by atoms with E-state index in [1.165, 1.54) is 22.7 Å². The molecule has 2 N–H and O–H groups in total. The summed E-state index contributed by atoms with van der Waals surface area (Å²) in [7, 11) is 0. The third kappa shape index (κ3) is 1.50. The van der Waals surface area contributed by atoms with Crippen molar-refractivity contribution >= 4 is 34.3 Å². The van der Waals surface area contributed by atoms with Crippen LogP contribution in [-0.4, -0.2) is 26.7 Å². The molecule has 0 aliphatic carbocycles. The smallest absolute Gasteiger partial charge is 0.280 e. The Labute approximate surface area is 121 Å². The molecule has 1 amide bonds. The predicted molar refractivity (Wildman–Crippen MR) is 77.9 cm³/mol. The first kappa shape index (κ1) is 11.6. The van der Waals surface area contributed by atoms with Crippen molar-refractivity contribution in [3.05, 3.63) is 45.2 Å². The van der Waals surface area contributed by atoms with E-state index < -0.39 is 0 Å². The molecule has 0 fully saturated rings. The molecule has 0 aromatic carbocycles. The zero-order valence-electron chi connectivity index (χ0n) is 9.95. The van der Waals surface area contributed by atoms with Gasteiger partial charge in [0.2, 0.25) is 0 Å². The van der Waals surface area contributed by atoms with E-state index in [4.69, 9.17) is 0 Å². The van der Waals surface area contributed by atoms with Gasteiger partial charge in [0.05, 0.1) is 21.7 Å². The highest BCUT2D eigenvalue weighted by atomic mass is 32.1. The van der Waals surface area contributed by atoms with Crippen LogP contribution < -0.4 is 0 Å². The highest BCUT2D eigenvalue weighted by molar-refractivity contribution is 7.13. The predicted octanol–water partition coefficient (Wildman–Crippen LogP) is 2.90. The van der Waals surface area contributed by atoms with Crippen molar-refractivity contribution in [2.45, 2.75) is 0 Å². The van der Waals surface area contributed by atoms with Gasteiger partial charge in [-0.1, -0.05) is 6.07 Å². The van der Waals surface area contributed by atoms with E-state index in [1.807, 2.05) is 22.9 Å². The van der Waals surface area contributed by atoms with Crippen LogP contribution in [0.25, 0.3) is 10.6 Å². The molecule has 98 valence electrons. The molecule has 0 atom stereocenters. The molecule has 5 nitrogen and oxygen atoms in total. The second-order valence-corrected chi connectivity index (χ2v) is 6.02. The Bertz CT molecular complexity index is 829. The zero-order chi connectivity index (χ0) is 13.7. The molecule has 1 aliphatic rings. The Balaban J connectivity index is 1.95. The number of fused-ring (bicyclic) bond motifs is 1. The third-order valence-electron chi connectivity index (χ3n) is 3.05. The van der Waals surface area contributed by atoms with Crippen LogP contribution >= 0.6 is 22.7 Å². The molecule has 4 rings (SSSR count). The number of carbonyl (C=O) groups is 1. The Morgan fingerprint density at radius 1 is 1.20 bits per heavy atom. The molecule has 3 aromatic heterocycles. The van der Waals surface area contributed by atoms with Crippen LogP contribution in [0.2, 0.25) is 0 Å². The van der Waals surface area contributed by atoms with Gasteiger partial charge in [0.25, 0.3) is 5.91 Å². The SMILES string of the molecule is O=C1N=C(c2nccs2)c2c(O)[nH]c(-c3cccs3)c21. The van der Waals surface area contributed by atoms with Crippen molar-refractivity contribution < 1.29 is 9.90 Å². The largest absolute Gasteiger partial charge is 0.494 e. The molecule has 0 saturated carbocycles. The Hall–Kier alpha value is -2.25. The standard InChI is InChI=1S/C13H7N3O2S2/c17-11-7-8(10(16-11)13-14-3-5-20-13)12(18)15-9(7)6-2-1-4-19-6/h1-5,15,18H. The summed E-state index contributed by atoms with van der Waals surface area (Å²) in [5.41, 5.74) is 1.94. The fourth-order valence-electron chi connectivity index (χ4n) is 2.25. The summed E-state index contributed by atoms with van der Waals surface area (Å²) in [6.45, 7) is 0. The number of carbonyl (C=O) groups excluding carboxylic acids is 1. The lowest BCUT2D eigenvalue weighted by Crippen LogP contribution is -1.98. The van der Waals surface area contributed by atoms with Crippen LogP contribution in [0, 0.1) is 0 Å². The first-order valence-corrected chi connectivity index (χ1v) is 7.53. The lowest BCUT2D eigenvalue weighted by Gasteiger charge is -1.94. The summed E-state index contributed by atoms with van der Waals surface area (Å²) in [5.74, 6) is -0.381. The van der Waals surface area contributed by atoms with Gasteiger partial charge < -0.3 is 10.1 Å². The van der Waals surface area contributed by atoms with E-state index in [0.29, 0.717) is 27.5 Å². The van der Waals surface area contributed by atoms with Crippen molar-refractivity contribution in [1.29, 1.82) is 0 Å². The molecule has 3 aromatic rings. The van der Waals surface area contributed by atoms with Crippen LogP contribution in [-0.2, 0) is 0 Å². The van der Waals surface area contributed by atoms with Crippen LogP contribution in [0.1, 0.15) is 20.9 Å². The van der Waals surface area contributed by atoms with Gasteiger partial charge in [-0.15, -0.1) is 22.7 Å². The van der Waals surface area contributed by atoms with Crippen molar-refractivity contribution in [1.82, 2.24) is 9.97 Å². The van der Waals surface area contributed by atoms with Crippen molar-refractivity contribution in [2.75, 3.05) is 0 Å². The molecule has 1 aliphatic heterocycles. The number of thiazole rings is 1. The summed E-state index contributed by atoms with van der Waals surface area (Å²) in [6, 6.07) is 3.79. The van der Waals surface area contributed by atoms with Gasteiger partial charge in [0.15, 0.2) is 5.88 Å². The first-order valence-electron chi connectivity index (χ1n) is 5.78. The lowest BCUT2D eigenvalue weighted by atomic mass is 10.1. The monoisotopic (exact) mass is 301 g/mol. The van der Waals surface area contributed by atoms with Gasteiger partial charge in [-0.3, -0.25) is 4.79 Å². The van der Waals surface area contributed by atoms with Gasteiger partial charge >= 0.3 is 0 Å². The average Bonchev–Trinajstić information content (AvgIpc) is 3.17. The Morgan fingerprint density at radius 2 is 2.10 bits per heavy atom. The number of aromatic nitrogens is 2. The number of nitrogens with zero attached hydrogens (tertiary/aromatic N) is 2. The molecular weight excluding hydrogens is 294 g/mol. The van der Waals surface area contributed by atoms with Gasteiger partial charge in [-0.2, -0.15) is 0 Å². The van der Waals surface area contributed by atoms with E-state index >= 15 is 0 Å². The van der Waals surface area contributed by atoms with E-state index in [9.17, 15) is 9.90 Å². The number of aliphatic imine (C=N–C) groups is 1. The number of hydrogen-bond acceptors (Lipinski definition) is 5. The minimum Gasteiger partial charge on any atom is -0.494 e. The molecule has 4 heterocycles. The van der Waals surface area contributed by atoms with E-state index in [0.717, 1.165) is 4.88 Å². The summed E-state index contributed by atoms with van der Waals surface area (Å²) in [5, 5.41) is 14.5. The van der Waals surface area contributed by atoms with Gasteiger partial charge in [0.1, 0.15) is 10.7 Å². The van der Waals surface area contributed by atoms with Crippen molar-refractivity contribution in [3.8, 4) is 16.5 Å². The second kappa shape index (κ2) is 4.12. The minimum absolute atomic E-state index is 0.0387. The van der Waals surface area contributed by atoms with E-state index in [2.05, 4.69) is 15.0 Å². The first-order chi connectivity index (χ1) is 9.75. The lowest BCUT2D eigenvalue weighted by molar-refractivity contribution is 0.101. The maximum Gasteiger partial charge on any atom is 0.280 e. The number of amides is 1. The minimum atomic E-state index is -0.342. The molecule has 0 spiro atoms. The summed E-state index contributed by atoms with van der Waals surface area (Å²) >= 11 is 2.88. The zero-order valence-corrected chi connectivity index (χ0v) is 11.6. The summed E-state index contributed by atoms with van der Waals surface area (Å²) in [4.78, 5) is 24.1. The highest BCUT2D eigenvalue weighted by Gasteiger charge is 2.34. The topological polar surface area (TPSA) is 78.3 Å². The number of aromatic hydroxyl groups is 1. The molecule has 0 radical (unpaired) electrons. The Morgan fingerprint density at radius 3 is 2.80 bits per heavy atom. The number of hydrogen-bond donors (Lipinski definition) is 2. The summed E-state index contributed by atoms with van der Waals surface area (Å²) < 4.78 is 0. The van der Waals surface area contributed by atoms with Crippen LogP contribution in [0.15, 0.2) is 34.1 Å². The number of rotatable bonds is 2. The van der Waals surface area contributed by atoms with Crippen molar-refractivity contribution in [2.24, 2.45) is 4.99 Å². The Kier molecular flexibility index (Phi) is 2.38. The fraction of sp³-hybridized carbons (Fsp3) is 0. The number of thiophene rings is 1. The van der Waals surface area contributed by atoms with Gasteiger partial charge in [-0.05, 0) is 11.4 Å². The summed E-state index contributed by atoms with van der Waals surface area (Å²) in [6.07, 6.45) is 1.65. The number of aromatic amines is 1.